The minimum atomic E-state index is -0.533. The van der Waals surface area contributed by atoms with Crippen molar-refractivity contribution in [2.24, 2.45) is 0 Å². The summed E-state index contributed by atoms with van der Waals surface area (Å²) in [5, 5.41) is 11.8. The van der Waals surface area contributed by atoms with Crippen molar-refractivity contribution in [1.82, 2.24) is 5.32 Å². The van der Waals surface area contributed by atoms with E-state index in [1.54, 1.807) is 0 Å². The Labute approximate surface area is 87.9 Å². The summed E-state index contributed by atoms with van der Waals surface area (Å²) in [7, 11) is 0. The van der Waals surface area contributed by atoms with Gasteiger partial charge in [-0.2, -0.15) is 0 Å². The molecule has 4 heteroatoms. The number of carbonyl (C=O) groups is 1. The van der Waals surface area contributed by atoms with E-state index in [0.717, 1.165) is 0 Å². The van der Waals surface area contributed by atoms with Crippen molar-refractivity contribution >= 4 is 5.91 Å². The van der Waals surface area contributed by atoms with Crippen LogP contribution in [0.1, 0.15) is 23.7 Å². The third-order valence-electron chi connectivity index (χ3n) is 2.08. The van der Waals surface area contributed by atoms with Crippen LogP contribution in [0.15, 0.2) is 24.3 Å². The first-order chi connectivity index (χ1) is 7.13. The number of hydrogen-bond donors (Lipinski definition) is 2. The standard InChI is InChI=1S/C11H14FNO2/c1-2-10(14)7-13-11(15)8-3-5-9(12)6-4-8/h3-6,10,14H,2,7H2,1H3,(H,13,15). The highest BCUT2D eigenvalue weighted by atomic mass is 19.1. The normalized spacial score (nSPS) is 12.2. The Bertz CT molecular complexity index is 324. The number of benzene rings is 1. The van der Waals surface area contributed by atoms with Gasteiger partial charge in [0.1, 0.15) is 5.82 Å². The van der Waals surface area contributed by atoms with Gasteiger partial charge < -0.3 is 10.4 Å². The zero-order valence-corrected chi connectivity index (χ0v) is 8.53. The van der Waals surface area contributed by atoms with Gasteiger partial charge in [0.25, 0.3) is 5.91 Å². The van der Waals surface area contributed by atoms with Gasteiger partial charge in [0.15, 0.2) is 0 Å². The van der Waals surface area contributed by atoms with E-state index in [-0.39, 0.29) is 18.3 Å². The van der Waals surface area contributed by atoms with Gasteiger partial charge in [-0.05, 0) is 30.7 Å². The van der Waals surface area contributed by atoms with Gasteiger partial charge in [0.05, 0.1) is 6.10 Å². The van der Waals surface area contributed by atoms with Crippen molar-refractivity contribution in [2.45, 2.75) is 19.4 Å². The fourth-order valence-electron chi connectivity index (χ4n) is 1.06. The molecule has 1 atom stereocenters. The molecule has 0 radical (unpaired) electrons. The molecule has 0 saturated heterocycles. The lowest BCUT2D eigenvalue weighted by Gasteiger charge is -2.09. The Balaban J connectivity index is 2.50. The zero-order valence-electron chi connectivity index (χ0n) is 8.53. The van der Waals surface area contributed by atoms with Gasteiger partial charge in [0.2, 0.25) is 0 Å². The molecule has 3 nitrogen and oxygen atoms in total. The van der Waals surface area contributed by atoms with Crippen molar-refractivity contribution in [1.29, 1.82) is 0 Å². The number of halogens is 1. The Morgan fingerprint density at radius 2 is 2.07 bits per heavy atom. The van der Waals surface area contributed by atoms with E-state index in [2.05, 4.69) is 5.32 Å². The summed E-state index contributed by atoms with van der Waals surface area (Å²) in [6, 6.07) is 5.27. The molecule has 0 heterocycles. The van der Waals surface area contributed by atoms with E-state index in [1.165, 1.54) is 24.3 Å². The molecule has 1 rings (SSSR count). The molecule has 1 aromatic carbocycles. The van der Waals surface area contributed by atoms with Crippen LogP contribution < -0.4 is 5.32 Å². The van der Waals surface area contributed by atoms with Gasteiger partial charge in [0, 0.05) is 12.1 Å². The smallest absolute Gasteiger partial charge is 0.251 e. The van der Waals surface area contributed by atoms with Crippen LogP contribution in [0.2, 0.25) is 0 Å². The summed E-state index contributed by atoms with van der Waals surface area (Å²) in [6.07, 6.45) is 0.0540. The maximum atomic E-state index is 12.5. The molecular weight excluding hydrogens is 197 g/mol. The van der Waals surface area contributed by atoms with E-state index >= 15 is 0 Å². The van der Waals surface area contributed by atoms with Gasteiger partial charge in [-0.3, -0.25) is 4.79 Å². The lowest BCUT2D eigenvalue weighted by Crippen LogP contribution is -2.31. The highest BCUT2D eigenvalue weighted by molar-refractivity contribution is 5.94. The molecule has 82 valence electrons. The maximum absolute atomic E-state index is 12.5. The molecule has 1 unspecified atom stereocenters. The first kappa shape index (κ1) is 11.7. The summed E-state index contributed by atoms with van der Waals surface area (Å²) in [4.78, 5) is 11.4. The minimum Gasteiger partial charge on any atom is -0.391 e. The third kappa shape index (κ3) is 3.67. The van der Waals surface area contributed by atoms with Crippen LogP contribution in [-0.2, 0) is 0 Å². The number of aliphatic hydroxyl groups excluding tert-OH is 1. The van der Waals surface area contributed by atoms with Crippen LogP contribution in [-0.4, -0.2) is 23.7 Å². The molecule has 0 bridgehead atoms. The van der Waals surface area contributed by atoms with Gasteiger partial charge in [-0.1, -0.05) is 6.92 Å². The fourth-order valence-corrected chi connectivity index (χ4v) is 1.06. The second-order valence-corrected chi connectivity index (χ2v) is 3.28. The van der Waals surface area contributed by atoms with Crippen molar-refractivity contribution in [2.75, 3.05) is 6.54 Å². The number of rotatable bonds is 4. The first-order valence-corrected chi connectivity index (χ1v) is 4.85. The number of carbonyl (C=O) groups excluding carboxylic acids is 1. The summed E-state index contributed by atoms with van der Waals surface area (Å²) in [5.74, 6) is -0.678. The maximum Gasteiger partial charge on any atom is 0.251 e. The number of amides is 1. The second kappa shape index (κ2) is 5.46. The molecule has 0 aliphatic rings. The second-order valence-electron chi connectivity index (χ2n) is 3.28. The van der Waals surface area contributed by atoms with Crippen LogP contribution in [0.25, 0.3) is 0 Å². The fraction of sp³-hybridized carbons (Fsp3) is 0.364. The largest absolute Gasteiger partial charge is 0.391 e. The number of aliphatic hydroxyl groups is 1. The first-order valence-electron chi connectivity index (χ1n) is 4.85. The molecule has 0 spiro atoms. The Morgan fingerprint density at radius 3 is 2.60 bits per heavy atom. The zero-order chi connectivity index (χ0) is 11.3. The van der Waals surface area contributed by atoms with Crippen molar-refractivity contribution in [3.05, 3.63) is 35.6 Å². The van der Waals surface area contributed by atoms with Crippen LogP contribution in [0.4, 0.5) is 4.39 Å². The summed E-state index contributed by atoms with van der Waals surface area (Å²) < 4.78 is 12.5. The lowest BCUT2D eigenvalue weighted by atomic mass is 10.2. The van der Waals surface area contributed by atoms with Crippen molar-refractivity contribution in [3.63, 3.8) is 0 Å². The quantitative estimate of drug-likeness (QED) is 0.789. The van der Waals surface area contributed by atoms with Crippen LogP contribution >= 0.6 is 0 Å². The predicted octanol–water partition coefficient (Wildman–Crippen LogP) is 1.33. The van der Waals surface area contributed by atoms with Crippen molar-refractivity contribution in [3.8, 4) is 0 Å². The average molecular weight is 211 g/mol. The van der Waals surface area contributed by atoms with Crippen LogP contribution in [0.5, 0.6) is 0 Å². The van der Waals surface area contributed by atoms with E-state index in [9.17, 15) is 14.3 Å². The van der Waals surface area contributed by atoms with Gasteiger partial charge >= 0.3 is 0 Å². The van der Waals surface area contributed by atoms with Crippen LogP contribution in [0, 0.1) is 5.82 Å². The number of hydrogen-bond acceptors (Lipinski definition) is 2. The molecular formula is C11H14FNO2. The molecule has 0 aliphatic heterocycles. The molecule has 0 aromatic heterocycles. The van der Waals surface area contributed by atoms with E-state index < -0.39 is 6.10 Å². The lowest BCUT2D eigenvalue weighted by molar-refractivity contribution is 0.0914. The number of nitrogens with one attached hydrogen (secondary N) is 1. The van der Waals surface area contributed by atoms with E-state index in [1.807, 2.05) is 6.92 Å². The topological polar surface area (TPSA) is 49.3 Å². The van der Waals surface area contributed by atoms with Gasteiger partial charge in [-0.15, -0.1) is 0 Å². The molecule has 15 heavy (non-hydrogen) atoms. The molecule has 1 amide bonds. The highest BCUT2D eigenvalue weighted by Crippen LogP contribution is 2.02. The predicted molar refractivity (Wildman–Crippen MR) is 55.0 cm³/mol. The highest BCUT2D eigenvalue weighted by Gasteiger charge is 2.07. The SMILES string of the molecule is CCC(O)CNC(=O)c1ccc(F)cc1. The summed E-state index contributed by atoms with van der Waals surface area (Å²) in [6.45, 7) is 2.04. The van der Waals surface area contributed by atoms with E-state index in [4.69, 9.17) is 0 Å². The van der Waals surface area contributed by atoms with Crippen molar-refractivity contribution < 1.29 is 14.3 Å². The monoisotopic (exact) mass is 211 g/mol. The van der Waals surface area contributed by atoms with Crippen LogP contribution in [0.3, 0.4) is 0 Å². The summed E-state index contributed by atoms with van der Waals surface area (Å²) in [5.41, 5.74) is 0.389. The van der Waals surface area contributed by atoms with E-state index in [0.29, 0.717) is 12.0 Å². The minimum absolute atomic E-state index is 0.215. The third-order valence-corrected chi connectivity index (χ3v) is 2.08. The summed E-state index contributed by atoms with van der Waals surface area (Å²) >= 11 is 0. The Morgan fingerprint density at radius 1 is 1.47 bits per heavy atom. The molecule has 2 N–H and O–H groups in total. The molecule has 0 saturated carbocycles. The molecule has 0 aliphatic carbocycles. The Hall–Kier alpha value is -1.42. The Kier molecular flexibility index (Phi) is 4.24. The molecule has 1 aromatic rings. The average Bonchev–Trinajstić information content (AvgIpc) is 2.26. The van der Waals surface area contributed by atoms with Gasteiger partial charge in [-0.25, -0.2) is 4.39 Å². The molecule has 0 fully saturated rings.